The van der Waals surface area contributed by atoms with Gasteiger partial charge in [0.1, 0.15) is 5.82 Å². The molecule has 0 radical (unpaired) electrons. The molecule has 2 N–H and O–H groups in total. The fourth-order valence-corrected chi connectivity index (χ4v) is 3.68. The predicted molar refractivity (Wildman–Crippen MR) is 113 cm³/mol. The maximum Gasteiger partial charge on any atom is 0.244 e. The van der Waals surface area contributed by atoms with E-state index in [2.05, 4.69) is 10.6 Å². The van der Waals surface area contributed by atoms with E-state index in [0.717, 1.165) is 5.56 Å². The standard InChI is InChI=1S/C23H18ClFN2O3/c1-13-2-4-16(25)9-18(13)17-5-3-15(24)8-21(17)27-23(29)20-11-26-22(28)10-19(20)14-6-7-30-12-14/h2-10,12,20H,11H2,1H3,(H,26,28)(H,27,29)/t20-/m1/s1. The van der Waals surface area contributed by atoms with E-state index in [0.29, 0.717) is 33.0 Å². The van der Waals surface area contributed by atoms with Crippen LogP contribution in [0, 0.1) is 18.7 Å². The molecule has 0 spiro atoms. The Morgan fingerprint density at radius 2 is 2.03 bits per heavy atom. The van der Waals surface area contributed by atoms with Crippen LogP contribution in [0.3, 0.4) is 0 Å². The summed E-state index contributed by atoms with van der Waals surface area (Å²) in [5.41, 5.74) is 3.86. The molecule has 152 valence electrons. The Kier molecular flexibility index (Phi) is 5.42. The lowest BCUT2D eigenvalue weighted by Crippen LogP contribution is -2.39. The highest BCUT2D eigenvalue weighted by molar-refractivity contribution is 6.31. The molecule has 5 nitrogen and oxygen atoms in total. The molecule has 1 aliphatic heterocycles. The lowest BCUT2D eigenvalue weighted by Gasteiger charge is -2.24. The summed E-state index contributed by atoms with van der Waals surface area (Å²) >= 11 is 6.17. The van der Waals surface area contributed by atoms with Gasteiger partial charge in [0.2, 0.25) is 11.8 Å². The maximum absolute atomic E-state index is 13.9. The van der Waals surface area contributed by atoms with Gasteiger partial charge in [-0.1, -0.05) is 23.7 Å². The molecule has 0 saturated heterocycles. The first-order valence-electron chi connectivity index (χ1n) is 9.31. The molecule has 0 saturated carbocycles. The topological polar surface area (TPSA) is 71.3 Å². The second-order valence-electron chi connectivity index (χ2n) is 7.05. The minimum Gasteiger partial charge on any atom is -0.472 e. The highest BCUT2D eigenvalue weighted by Crippen LogP contribution is 2.34. The van der Waals surface area contributed by atoms with Gasteiger partial charge in [0, 0.05) is 28.8 Å². The Morgan fingerprint density at radius 1 is 1.20 bits per heavy atom. The zero-order valence-corrected chi connectivity index (χ0v) is 16.8. The Labute approximate surface area is 177 Å². The summed E-state index contributed by atoms with van der Waals surface area (Å²) in [4.78, 5) is 25.0. The van der Waals surface area contributed by atoms with Gasteiger partial charge in [-0.05, 0) is 54.0 Å². The van der Waals surface area contributed by atoms with E-state index in [4.69, 9.17) is 16.0 Å². The summed E-state index contributed by atoms with van der Waals surface area (Å²) in [5, 5.41) is 6.02. The number of rotatable bonds is 4. The molecule has 0 bridgehead atoms. The minimum absolute atomic E-state index is 0.149. The third-order valence-corrected chi connectivity index (χ3v) is 5.28. The Balaban J connectivity index is 1.70. The molecule has 7 heteroatoms. The average Bonchev–Trinajstić information content (AvgIpc) is 3.25. The number of carbonyl (C=O) groups excluding carboxylic acids is 2. The number of carbonyl (C=O) groups is 2. The highest BCUT2D eigenvalue weighted by Gasteiger charge is 2.29. The largest absolute Gasteiger partial charge is 0.472 e. The van der Waals surface area contributed by atoms with Gasteiger partial charge in [0.05, 0.1) is 24.1 Å². The number of furan rings is 1. The van der Waals surface area contributed by atoms with Crippen molar-refractivity contribution >= 4 is 34.7 Å². The van der Waals surface area contributed by atoms with Crippen molar-refractivity contribution in [2.75, 3.05) is 11.9 Å². The zero-order valence-electron chi connectivity index (χ0n) is 16.0. The molecular weight excluding hydrogens is 407 g/mol. The van der Waals surface area contributed by atoms with Gasteiger partial charge in [0.25, 0.3) is 0 Å². The van der Waals surface area contributed by atoms with Gasteiger partial charge in [-0.15, -0.1) is 0 Å². The van der Waals surface area contributed by atoms with Crippen molar-refractivity contribution in [2.24, 2.45) is 5.92 Å². The molecule has 2 heterocycles. The molecule has 3 aromatic rings. The van der Waals surface area contributed by atoms with Gasteiger partial charge in [-0.3, -0.25) is 9.59 Å². The molecule has 0 unspecified atom stereocenters. The third kappa shape index (κ3) is 4.00. The number of hydrogen-bond donors (Lipinski definition) is 2. The van der Waals surface area contributed by atoms with E-state index in [1.54, 1.807) is 30.3 Å². The quantitative estimate of drug-likeness (QED) is 0.631. The van der Waals surface area contributed by atoms with Crippen LogP contribution in [0.15, 0.2) is 65.5 Å². The molecule has 0 fully saturated rings. The highest BCUT2D eigenvalue weighted by atomic mass is 35.5. The van der Waals surface area contributed by atoms with Crippen molar-refractivity contribution in [2.45, 2.75) is 6.92 Å². The fraction of sp³-hybridized carbons (Fsp3) is 0.130. The van der Waals surface area contributed by atoms with Crippen LogP contribution in [-0.2, 0) is 9.59 Å². The van der Waals surface area contributed by atoms with Crippen LogP contribution >= 0.6 is 11.6 Å². The van der Waals surface area contributed by atoms with Crippen LogP contribution in [0.25, 0.3) is 16.7 Å². The second-order valence-corrected chi connectivity index (χ2v) is 7.48. The van der Waals surface area contributed by atoms with E-state index < -0.39 is 5.92 Å². The Bertz CT molecular complexity index is 1160. The molecule has 1 atom stereocenters. The second kappa shape index (κ2) is 8.16. The van der Waals surface area contributed by atoms with Crippen LogP contribution in [0.2, 0.25) is 5.02 Å². The summed E-state index contributed by atoms with van der Waals surface area (Å²) in [7, 11) is 0. The van der Waals surface area contributed by atoms with Gasteiger partial charge >= 0.3 is 0 Å². The number of hydrogen-bond acceptors (Lipinski definition) is 3. The van der Waals surface area contributed by atoms with Crippen molar-refractivity contribution in [3.63, 3.8) is 0 Å². The van der Waals surface area contributed by atoms with E-state index in [-0.39, 0.29) is 24.2 Å². The van der Waals surface area contributed by atoms with Crippen molar-refractivity contribution in [3.8, 4) is 11.1 Å². The van der Waals surface area contributed by atoms with Crippen LogP contribution in [0.1, 0.15) is 11.1 Å². The summed E-state index contributed by atoms with van der Waals surface area (Å²) in [6.45, 7) is 2.02. The van der Waals surface area contributed by atoms with Crippen LogP contribution in [0.4, 0.5) is 10.1 Å². The fourth-order valence-electron chi connectivity index (χ4n) is 3.51. The Morgan fingerprint density at radius 3 is 2.80 bits per heavy atom. The number of halogens is 2. The summed E-state index contributed by atoms with van der Waals surface area (Å²) < 4.78 is 19.0. The van der Waals surface area contributed by atoms with E-state index >= 15 is 0 Å². The SMILES string of the molecule is Cc1ccc(F)cc1-c1ccc(Cl)cc1NC(=O)[C@@H]1CNC(=O)C=C1c1ccoc1. The van der Waals surface area contributed by atoms with Gasteiger partial charge in [-0.2, -0.15) is 0 Å². The molecule has 2 aromatic carbocycles. The lowest BCUT2D eigenvalue weighted by atomic mass is 9.90. The Hall–Kier alpha value is -3.38. The summed E-state index contributed by atoms with van der Waals surface area (Å²) in [5.74, 6) is -1.59. The average molecular weight is 425 g/mol. The van der Waals surface area contributed by atoms with Crippen molar-refractivity contribution in [3.05, 3.63) is 83.0 Å². The number of nitrogens with one attached hydrogen (secondary N) is 2. The molecule has 30 heavy (non-hydrogen) atoms. The number of benzene rings is 2. The first-order chi connectivity index (χ1) is 14.4. The van der Waals surface area contributed by atoms with Crippen LogP contribution < -0.4 is 10.6 Å². The van der Waals surface area contributed by atoms with Gasteiger partial charge < -0.3 is 15.1 Å². The number of amides is 2. The number of aryl methyl sites for hydroxylation is 1. The molecule has 1 aromatic heterocycles. The zero-order chi connectivity index (χ0) is 21.3. The van der Waals surface area contributed by atoms with E-state index in [1.165, 1.54) is 30.7 Å². The smallest absolute Gasteiger partial charge is 0.244 e. The lowest BCUT2D eigenvalue weighted by molar-refractivity contribution is -0.119. The van der Waals surface area contributed by atoms with Gasteiger partial charge in [0.15, 0.2) is 0 Å². The minimum atomic E-state index is -0.624. The molecule has 0 aliphatic carbocycles. The van der Waals surface area contributed by atoms with Crippen LogP contribution in [-0.4, -0.2) is 18.4 Å². The van der Waals surface area contributed by atoms with Crippen molar-refractivity contribution in [1.29, 1.82) is 0 Å². The molecule has 1 aliphatic rings. The van der Waals surface area contributed by atoms with Crippen molar-refractivity contribution < 1.29 is 18.4 Å². The number of anilines is 1. The summed E-state index contributed by atoms with van der Waals surface area (Å²) in [6, 6.07) is 11.3. The van der Waals surface area contributed by atoms with Crippen molar-refractivity contribution in [1.82, 2.24) is 5.32 Å². The van der Waals surface area contributed by atoms with Crippen LogP contribution in [0.5, 0.6) is 0 Å². The first kappa shape index (κ1) is 19.9. The summed E-state index contributed by atoms with van der Waals surface area (Å²) in [6.07, 6.45) is 4.37. The normalized spacial score (nSPS) is 16.0. The first-order valence-corrected chi connectivity index (χ1v) is 9.69. The van der Waals surface area contributed by atoms with E-state index in [9.17, 15) is 14.0 Å². The molecular formula is C23H18ClFN2O3. The van der Waals surface area contributed by atoms with Gasteiger partial charge in [-0.25, -0.2) is 4.39 Å². The molecule has 4 rings (SSSR count). The molecule has 2 amide bonds. The monoisotopic (exact) mass is 424 g/mol. The maximum atomic E-state index is 13.9. The third-order valence-electron chi connectivity index (χ3n) is 5.04. The predicted octanol–water partition coefficient (Wildman–Crippen LogP) is 4.82. The van der Waals surface area contributed by atoms with E-state index in [1.807, 2.05) is 6.92 Å².